The van der Waals surface area contributed by atoms with Gasteiger partial charge in [0, 0.05) is 51.7 Å². The number of piperidine rings is 1. The minimum Gasteiger partial charge on any atom is -0.385 e. The molecular formula is C17H23N5O2. The molecule has 1 aliphatic rings. The van der Waals surface area contributed by atoms with Gasteiger partial charge in [-0.2, -0.15) is 0 Å². The Kier molecular flexibility index (Phi) is 5.53. The van der Waals surface area contributed by atoms with E-state index in [0.29, 0.717) is 18.8 Å². The maximum Gasteiger partial charge on any atom is 0.223 e. The fraction of sp³-hybridized carbons (Fsp3) is 0.529. The maximum absolute atomic E-state index is 12.2. The fourth-order valence-electron chi connectivity index (χ4n) is 2.99. The van der Waals surface area contributed by atoms with Gasteiger partial charge >= 0.3 is 0 Å². The Balaban J connectivity index is 1.53. The Morgan fingerprint density at radius 2 is 2.08 bits per heavy atom. The lowest BCUT2D eigenvalue weighted by atomic mass is 9.95. The number of carbonyl (C=O) groups excluding carboxylic acids is 1. The van der Waals surface area contributed by atoms with E-state index in [1.165, 1.54) is 0 Å². The van der Waals surface area contributed by atoms with Gasteiger partial charge in [0.1, 0.15) is 5.52 Å². The van der Waals surface area contributed by atoms with Crippen molar-refractivity contribution in [2.24, 2.45) is 5.92 Å². The van der Waals surface area contributed by atoms with Crippen molar-refractivity contribution in [2.75, 3.05) is 38.3 Å². The third-order valence-electron chi connectivity index (χ3n) is 4.37. The molecule has 0 saturated carbocycles. The predicted octanol–water partition coefficient (Wildman–Crippen LogP) is 1.39. The van der Waals surface area contributed by atoms with Crippen LogP contribution in [0.5, 0.6) is 0 Å². The molecule has 0 aliphatic carbocycles. The lowest BCUT2D eigenvalue weighted by Crippen LogP contribution is -2.41. The number of rotatable bonds is 6. The van der Waals surface area contributed by atoms with Crippen LogP contribution in [-0.4, -0.2) is 54.2 Å². The molecule has 24 heavy (non-hydrogen) atoms. The van der Waals surface area contributed by atoms with E-state index in [0.717, 1.165) is 43.6 Å². The zero-order valence-corrected chi connectivity index (χ0v) is 13.9. The van der Waals surface area contributed by atoms with E-state index in [2.05, 4.69) is 25.2 Å². The molecule has 1 aliphatic heterocycles. The van der Waals surface area contributed by atoms with E-state index in [9.17, 15) is 4.79 Å². The topological polar surface area (TPSA) is 80.2 Å². The number of fused-ring (bicyclic) bond motifs is 1. The molecule has 2 aromatic heterocycles. The highest BCUT2D eigenvalue weighted by Gasteiger charge is 2.25. The van der Waals surface area contributed by atoms with Gasteiger partial charge < -0.3 is 15.0 Å². The number of anilines is 1. The second-order valence-electron chi connectivity index (χ2n) is 5.99. The largest absolute Gasteiger partial charge is 0.385 e. The van der Waals surface area contributed by atoms with Gasteiger partial charge in [-0.3, -0.25) is 9.78 Å². The van der Waals surface area contributed by atoms with Crippen molar-refractivity contribution in [2.45, 2.75) is 19.3 Å². The summed E-state index contributed by atoms with van der Waals surface area (Å²) in [4.78, 5) is 27.3. The van der Waals surface area contributed by atoms with Gasteiger partial charge in [-0.15, -0.1) is 0 Å². The zero-order valence-electron chi connectivity index (χ0n) is 13.9. The molecule has 128 valence electrons. The Morgan fingerprint density at radius 1 is 1.29 bits per heavy atom. The molecule has 7 nitrogen and oxygen atoms in total. The third kappa shape index (κ3) is 3.97. The van der Waals surface area contributed by atoms with Gasteiger partial charge in [0.2, 0.25) is 5.91 Å². The van der Waals surface area contributed by atoms with Gasteiger partial charge in [0.05, 0.1) is 11.9 Å². The summed E-state index contributed by atoms with van der Waals surface area (Å²) in [6, 6.07) is 2.01. The maximum atomic E-state index is 12.2. The van der Waals surface area contributed by atoms with E-state index in [1.807, 2.05) is 12.3 Å². The average Bonchev–Trinajstić information content (AvgIpc) is 2.65. The number of carbonyl (C=O) groups is 1. The average molecular weight is 329 g/mol. The summed E-state index contributed by atoms with van der Waals surface area (Å²) in [7, 11) is 1.67. The number of pyridine rings is 1. The first-order chi connectivity index (χ1) is 11.8. The Morgan fingerprint density at radius 3 is 2.88 bits per heavy atom. The van der Waals surface area contributed by atoms with E-state index in [1.54, 1.807) is 19.5 Å². The smallest absolute Gasteiger partial charge is 0.223 e. The molecule has 2 aromatic rings. The lowest BCUT2D eigenvalue weighted by molar-refractivity contribution is -0.125. The summed E-state index contributed by atoms with van der Waals surface area (Å²) in [5, 5.41) is 3.00. The fourth-order valence-corrected chi connectivity index (χ4v) is 2.99. The van der Waals surface area contributed by atoms with Crippen LogP contribution < -0.4 is 10.2 Å². The van der Waals surface area contributed by atoms with Crippen molar-refractivity contribution in [1.82, 2.24) is 20.3 Å². The number of aromatic nitrogens is 3. The molecule has 3 heterocycles. The van der Waals surface area contributed by atoms with Crippen molar-refractivity contribution >= 4 is 22.8 Å². The molecule has 1 fully saturated rings. The minimum atomic E-state index is 0.0944. The number of hydrogen-bond acceptors (Lipinski definition) is 6. The van der Waals surface area contributed by atoms with Crippen molar-refractivity contribution in [3.05, 3.63) is 24.7 Å². The highest BCUT2D eigenvalue weighted by molar-refractivity contribution is 5.79. The summed E-state index contributed by atoms with van der Waals surface area (Å²) in [6.45, 7) is 3.06. The summed E-state index contributed by atoms with van der Waals surface area (Å²) in [5.74, 6) is 0.255. The highest BCUT2D eigenvalue weighted by Crippen LogP contribution is 2.24. The van der Waals surface area contributed by atoms with Crippen LogP contribution in [0.3, 0.4) is 0 Å². The lowest BCUT2D eigenvalue weighted by Gasteiger charge is -2.32. The number of nitrogens with zero attached hydrogens (tertiary/aromatic N) is 4. The van der Waals surface area contributed by atoms with Crippen LogP contribution in [0.2, 0.25) is 0 Å². The van der Waals surface area contributed by atoms with Crippen LogP contribution in [0.1, 0.15) is 19.3 Å². The molecule has 0 unspecified atom stereocenters. The minimum absolute atomic E-state index is 0.0944. The molecule has 1 N–H and O–H groups in total. The first kappa shape index (κ1) is 16.6. The van der Waals surface area contributed by atoms with Crippen LogP contribution >= 0.6 is 0 Å². The number of methoxy groups -OCH3 is 1. The molecule has 3 rings (SSSR count). The summed E-state index contributed by atoms with van der Waals surface area (Å²) in [5.41, 5.74) is 2.50. The van der Waals surface area contributed by atoms with E-state index >= 15 is 0 Å². The van der Waals surface area contributed by atoms with Crippen LogP contribution in [0.15, 0.2) is 24.7 Å². The van der Waals surface area contributed by atoms with Gasteiger partial charge in [-0.1, -0.05) is 0 Å². The van der Waals surface area contributed by atoms with Crippen LogP contribution in [0.25, 0.3) is 11.2 Å². The molecule has 7 heteroatoms. The molecule has 1 saturated heterocycles. The van der Waals surface area contributed by atoms with Crippen LogP contribution in [0, 0.1) is 5.92 Å². The van der Waals surface area contributed by atoms with Gasteiger partial charge in [-0.05, 0) is 25.3 Å². The Labute approximate surface area is 141 Å². The monoisotopic (exact) mass is 329 g/mol. The van der Waals surface area contributed by atoms with E-state index in [-0.39, 0.29) is 11.8 Å². The summed E-state index contributed by atoms with van der Waals surface area (Å²) >= 11 is 0. The molecule has 0 bridgehead atoms. The van der Waals surface area contributed by atoms with E-state index < -0.39 is 0 Å². The van der Waals surface area contributed by atoms with Crippen LogP contribution in [0.4, 0.5) is 5.69 Å². The number of hydrogen-bond donors (Lipinski definition) is 1. The third-order valence-corrected chi connectivity index (χ3v) is 4.37. The molecular weight excluding hydrogens is 306 g/mol. The molecule has 0 spiro atoms. The van der Waals surface area contributed by atoms with Crippen LogP contribution in [-0.2, 0) is 9.53 Å². The van der Waals surface area contributed by atoms with Gasteiger partial charge in [0.25, 0.3) is 0 Å². The van der Waals surface area contributed by atoms with Gasteiger partial charge in [-0.25, -0.2) is 9.97 Å². The van der Waals surface area contributed by atoms with E-state index in [4.69, 9.17) is 4.74 Å². The normalized spacial score (nSPS) is 15.6. The van der Waals surface area contributed by atoms with Crippen molar-refractivity contribution < 1.29 is 9.53 Å². The quantitative estimate of drug-likeness (QED) is 0.807. The first-order valence-electron chi connectivity index (χ1n) is 8.36. The summed E-state index contributed by atoms with van der Waals surface area (Å²) < 4.78 is 4.99. The second-order valence-corrected chi connectivity index (χ2v) is 5.99. The predicted molar refractivity (Wildman–Crippen MR) is 91.8 cm³/mol. The zero-order chi connectivity index (χ0) is 16.8. The molecule has 1 amide bonds. The Hall–Kier alpha value is -2.28. The van der Waals surface area contributed by atoms with Crippen molar-refractivity contribution in [3.8, 4) is 0 Å². The number of nitrogens with one attached hydrogen (secondary N) is 1. The first-order valence-corrected chi connectivity index (χ1v) is 8.36. The Bertz CT molecular complexity index is 685. The van der Waals surface area contributed by atoms with Gasteiger partial charge in [0.15, 0.2) is 5.65 Å². The molecule has 0 aromatic carbocycles. The number of amides is 1. The summed E-state index contributed by atoms with van der Waals surface area (Å²) in [6.07, 6.45) is 7.72. The SMILES string of the molecule is COCCCNC(=O)C1CCN(c2cnc3nccnc3c2)CC1. The van der Waals surface area contributed by atoms with Crippen molar-refractivity contribution in [3.63, 3.8) is 0 Å². The molecule has 0 radical (unpaired) electrons. The van der Waals surface area contributed by atoms with Crippen molar-refractivity contribution in [1.29, 1.82) is 0 Å². The highest BCUT2D eigenvalue weighted by atomic mass is 16.5. The molecule has 0 atom stereocenters. The standard InChI is InChI=1S/C17H23N5O2/c1-24-10-2-5-20-17(23)13-3-8-22(9-4-13)14-11-15-16(21-12-14)19-7-6-18-15/h6-7,11-13H,2-5,8-10H2,1H3,(H,20,23). The second kappa shape index (κ2) is 8.01. The number of ether oxygens (including phenoxy) is 1.